The Labute approximate surface area is 124 Å². The van der Waals surface area contributed by atoms with E-state index in [9.17, 15) is 4.79 Å². The first-order valence-corrected chi connectivity index (χ1v) is 6.92. The summed E-state index contributed by atoms with van der Waals surface area (Å²) in [7, 11) is 0. The van der Waals surface area contributed by atoms with E-state index in [1.165, 1.54) is 0 Å². The van der Waals surface area contributed by atoms with E-state index in [4.69, 9.17) is 10.5 Å². The standard InChI is InChI=1S/C17H20N2O2/c1-4-21-16-14(6-5-7-15(16)18)17(20)19-13-9-11(2)8-12(3)10-13/h5-10H,4,18H2,1-3H3,(H,19,20). The first kappa shape index (κ1) is 14.9. The maximum absolute atomic E-state index is 12.4. The molecule has 3 N–H and O–H groups in total. The minimum atomic E-state index is -0.226. The minimum Gasteiger partial charge on any atom is -0.491 e. The summed E-state index contributed by atoms with van der Waals surface area (Å²) in [6.45, 7) is 6.31. The number of amides is 1. The zero-order valence-electron chi connectivity index (χ0n) is 12.6. The highest BCUT2D eigenvalue weighted by molar-refractivity contribution is 6.07. The smallest absolute Gasteiger partial charge is 0.259 e. The molecule has 2 aromatic carbocycles. The Balaban J connectivity index is 2.30. The second kappa shape index (κ2) is 6.31. The Morgan fingerprint density at radius 2 is 1.86 bits per heavy atom. The van der Waals surface area contributed by atoms with E-state index in [-0.39, 0.29) is 5.91 Å². The fourth-order valence-electron chi connectivity index (χ4n) is 2.28. The molecule has 4 nitrogen and oxygen atoms in total. The van der Waals surface area contributed by atoms with Gasteiger partial charge in [0.1, 0.15) is 0 Å². The van der Waals surface area contributed by atoms with Crippen LogP contribution in [-0.2, 0) is 0 Å². The molecule has 110 valence electrons. The van der Waals surface area contributed by atoms with Crippen LogP contribution in [0.25, 0.3) is 0 Å². The van der Waals surface area contributed by atoms with Crippen LogP contribution in [0.5, 0.6) is 5.75 Å². The van der Waals surface area contributed by atoms with Crippen LogP contribution in [0.4, 0.5) is 11.4 Å². The van der Waals surface area contributed by atoms with Crippen molar-refractivity contribution < 1.29 is 9.53 Å². The van der Waals surface area contributed by atoms with Gasteiger partial charge in [0.2, 0.25) is 0 Å². The molecule has 0 unspecified atom stereocenters. The van der Waals surface area contributed by atoms with Crippen molar-refractivity contribution in [2.45, 2.75) is 20.8 Å². The van der Waals surface area contributed by atoms with E-state index in [0.717, 1.165) is 16.8 Å². The maximum atomic E-state index is 12.4. The van der Waals surface area contributed by atoms with Crippen LogP contribution in [-0.4, -0.2) is 12.5 Å². The van der Waals surface area contributed by atoms with Gasteiger partial charge in [0, 0.05) is 5.69 Å². The van der Waals surface area contributed by atoms with E-state index >= 15 is 0 Å². The highest BCUT2D eigenvalue weighted by atomic mass is 16.5. The summed E-state index contributed by atoms with van der Waals surface area (Å²) in [5, 5.41) is 2.89. The van der Waals surface area contributed by atoms with Crippen LogP contribution in [0.2, 0.25) is 0 Å². The Morgan fingerprint density at radius 1 is 1.19 bits per heavy atom. The number of rotatable bonds is 4. The average Bonchev–Trinajstić information content (AvgIpc) is 2.40. The molecule has 0 radical (unpaired) electrons. The topological polar surface area (TPSA) is 64.3 Å². The van der Waals surface area contributed by atoms with Crippen LogP contribution in [0.3, 0.4) is 0 Å². The fraction of sp³-hybridized carbons (Fsp3) is 0.235. The Kier molecular flexibility index (Phi) is 4.48. The van der Waals surface area contributed by atoms with Gasteiger partial charge in [0.05, 0.1) is 17.9 Å². The van der Waals surface area contributed by atoms with Crippen molar-refractivity contribution in [3.05, 3.63) is 53.1 Å². The monoisotopic (exact) mass is 284 g/mol. The molecule has 0 saturated carbocycles. The number of nitrogens with two attached hydrogens (primary N) is 1. The van der Waals surface area contributed by atoms with Crippen LogP contribution in [0.15, 0.2) is 36.4 Å². The van der Waals surface area contributed by atoms with Crippen LogP contribution in [0, 0.1) is 13.8 Å². The van der Waals surface area contributed by atoms with Crippen LogP contribution < -0.4 is 15.8 Å². The van der Waals surface area contributed by atoms with Gasteiger partial charge in [0.25, 0.3) is 5.91 Å². The van der Waals surface area contributed by atoms with E-state index in [0.29, 0.717) is 23.6 Å². The molecule has 0 aliphatic carbocycles. The molecular weight excluding hydrogens is 264 g/mol. The number of carbonyl (C=O) groups excluding carboxylic acids is 1. The third-order valence-electron chi connectivity index (χ3n) is 3.06. The molecule has 0 atom stereocenters. The average molecular weight is 284 g/mol. The van der Waals surface area contributed by atoms with Gasteiger partial charge in [-0.2, -0.15) is 0 Å². The van der Waals surface area contributed by atoms with Gasteiger partial charge in [-0.25, -0.2) is 0 Å². The van der Waals surface area contributed by atoms with E-state index in [1.807, 2.05) is 32.9 Å². The van der Waals surface area contributed by atoms with Crippen molar-refractivity contribution in [2.24, 2.45) is 0 Å². The molecule has 4 heteroatoms. The summed E-state index contributed by atoms with van der Waals surface area (Å²) >= 11 is 0. The molecule has 2 rings (SSSR count). The van der Waals surface area contributed by atoms with Gasteiger partial charge < -0.3 is 15.8 Å². The molecule has 0 saturated heterocycles. The van der Waals surface area contributed by atoms with Crippen molar-refractivity contribution >= 4 is 17.3 Å². The number of benzene rings is 2. The molecule has 0 bridgehead atoms. The molecule has 1 amide bonds. The maximum Gasteiger partial charge on any atom is 0.259 e. The summed E-state index contributed by atoms with van der Waals surface area (Å²) in [4.78, 5) is 12.4. The zero-order chi connectivity index (χ0) is 15.4. The molecule has 0 heterocycles. The number of carbonyl (C=O) groups is 1. The van der Waals surface area contributed by atoms with Crippen molar-refractivity contribution in [3.8, 4) is 5.75 Å². The molecule has 0 aliphatic heterocycles. The Hall–Kier alpha value is -2.49. The molecule has 0 aliphatic rings. The van der Waals surface area contributed by atoms with E-state index in [1.54, 1.807) is 18.2 Å². The quantitative estimate of drug-likeness (QED) is 0.844. The second-order valence-electron chi connectivity index (χ2n) is 4.99. The number of ether oxygens (including phenoxy) is 1. The van der Waals surface area contributed by atoms with Gasteiger partial charge in [-0.05, 0) is 56.2 Å². The number of hydrogen-bond acceptors (Lipinski definition) is 3. The lowest BCUT2D eigenvalue weighted by Gasteiger charge is -2.13. The van der Waals surface area contributed by atoms with Gasteiger partial charge >= 0.3 is 0 Å². The predicted molar refractivity (Wildman–Crippen MR) is 85.9 cm³/mol. The second-order valence-corrected chi connectivity index (χ2v) is 4.99. The lowest BCUT2D eigenvalue weighted by Crippen LogP contribution is -2.14. The van der Waals surface area contributed by atoms with E-state index < -0.39 is 0 Å². The predicted octanol–water partition coefficient (Wildman–Crippen LogP) is 3.54. The third kappa shape index (κ3) is 3.54. The summed E-state index contributed by atoms with van der Waals surface area (Å²) in [6, 6.07) is 11.1. The number of nitrogens with one attached hydrogen (secondary N) is 1. The van der Waals surface area contributed by atoms with E-state index in [2.05, 4.69) is 11.4 Å². The summed E-state index contributed by atoms with van der Waals surface area (Å²) in [5.41, 5.74) is 9.75. The SMILES string of the molecule is CCOc1c(N)cccc1C(=O)Nc1cc(C)cc(C)c1. The van der Waals surface area contributed by atoms with Crippen LogP contribution in [0.1, 0.15) is 28.4 Å². The van der Waals surface area contributed by atoms with Gasteiger partial charge in [0.15, 0.2) is 5.75 Å². The normalized spacial score (nSPS) is 10.2. The lowest BCUT2D eigenvalue weighted by molar-refractivity contribution is 0.102. The first-order chi connectivity index (χ1) is 10.0. The summed E-state index contributed by atoms with van der Waals surface area (Å²) in [5.74, 6) is 0.206. The fourth-order valence-corrected chi connectivity index (χ4v) is 2.28. The van der Waals surface area contributed by atoms with Gasteiger partial charge in [-0.15, -0.1) is 0 Å². The van der Waals surface area contributed by atoms with Crippen molar-refractivity contribution in [3.63, 3.8) is 0 Å². The van der Waals surface area contributed by atoms with Crippen molar-refractivity contribution in [1.82, 2.24) is 0 Å². The molecule has 0 fully saturated rings. The number of para-hydroxylation sites is 1. The molecule has 0 spiro atoms. The zero-order valence-corrected chi connectivity index (χ0v) is 12.6. The minimum absolute atomic E-state index is 0.226. The van der Waals surface area contributed by atoms with Crippen molar-refractivity contribution in [2.75, 3.05) is 17.7 Å². The third-order valence-corrected chi connectivity index (χ3v) is 3.06. The Bertz CT molecular complexity index is 646. The highest BCUT2D eigenvalue weighted by Crippen LogP contribution is 2.27. The van der Waals surface area contributed by atoms with Crippen LogP contribution >= 0.6 is 0 Å². The van der Waals surface area contributed by atoms with Gasteiger partial charge in [-0.1, -0.05) is 12.1 Å². The highest BCUT2D eigenvalue weighted by Gasteiger charge is 2.15. The number of anilines is 2. The van der Waals surface area contributed by atoms with Crippen molar-refractivity contribution in [1.29, 1.82) is 0 Å². The first-order valence-electron chi connectivity index (χ1n) is 6.92. The largest absolute Gasteiger partial charge is 0.491 e. The number of nitrogen functional groups attached to an aromatic ring is 1. The summed E-state index contributed by atoms with van der Waals surface area (Å²) < 4.78 is 5.49. The Morgan fingerprint density at radius 3 is 2.48 bits per heavy atom. The van der Waals surface area contributed by atoms with Gasteiger partial charge in [-0.3, -0.25) is 4.79 Å². The molecular formula is C17H20N2O2. The lowest BCUT2D eigenvalue weighted by atomic mass is 10.1. The molecule has 0 aromatic heterocycles. The molecule has 2 aromatic rings. The number of hydrogen-bond donors (Lipinski definition) is 2. The number of aryl methyl sites for hydroxylation is 2. The molecule has 21 heavy (non-hydrogen) atoms. The summed E-state index contributed by atoms with van der Waals surface area (Å²) in [6.07, 6.45) is 0.